The number of hydrogen-bond acceptors (Lipinski definition) is 4. The van der Waals surface area contributed by atoms with E-state index in [1.54, 1.807) is 20.1 Å². The molecule has 4 nitrogen and oxygen atoms in total. The summed E-state index contributed by atoms with van der Waals surface area (Å²) in [6.07, 6.45) is 5.86. The van der Waals surface area contributed by atoms with E-state index in [-0.39, 0.29) is 24.1 Å². The van der Waals surface area contributed by atoms with E-state index in [2.05, 4.69) is 11.8 Å². The van der Waals surface area contributed by atoms with E-state index in [0.29, 0.717) is 22.4 Å². The third-order valence-electron chi connectivity index (χ3n) is 5.30. The van der Waals surface area contributed by atoms with Crippen molar-refractivity contribution in [1.82, 2.24) is 4.90 Å². The smallest absolute Gasteiger partial charge is 0.137 e. The number of benzene rings is 1. The number of carbonyl (C=O) groups excluding carboxylic acids is 1. The van der Waals surface area contributed by atoms with Gasteiger partial charge >= 0.3 is 0 Å². The molecule has 1 heterocycles. The minimum atomic E-state index is -0.175. The largest absolute Gasteiger partial charge is 0.496 e. The van der Waals surface area contributed by atoms with Crippen LogP contribution in [0.25, 0.3) is 0 Å². The highest BCUT2D eigenvalue weighted by Gasteiger charge is 2.32. The lowest BCUT2D eigenvalue weighted by atomic mass is 9.77. The number of nitrogen functional groups attached to an aromatic ring is 1. The first-order valence-electron chi connectivity index (χ1n) is 9.33. The molecule has 1 aliphatic heterocycles. The monoisotopic (exact) mass is 402 g/mol. The maximum atomic E-state index is 12.5. The van der Waals surface area contributed by atoms with Gasteiger partial charge in [0.1, 0.15) is 11.5 Å². The van der Waals surface area contributed by atoms with Crippen molar-refractivity contribution in [3.8, 4) is 5.75 Å². The zero-order chi connectivity index (χ0) is 18.4. The van der Waals surface area contributed by atoms with E-state index < -0.39 is 0 Å². The Morgan fingerprint density at radius 2 is 2.00 bits per heavy atom. The van der Waals surface area contributed by atoms with Gasteiger partial charge in [-0.3, -0.25) is 4.79 Å². The summed E-state index contributed by atoms with van der Waals surface area (Å²) in [5, 5.41) is 0.485. The molecule has 0 radical (unpaired) electrons. The van der Waals surface area contributed by atoms with E-state index in [9.17, 15) is 4.79 Å². The number of Topliss-reactive ketones (excluding diaryl/α,β-unsaturated/α-hetero) is 1. The fraction of sp³-hybridized carbons (Fsp3) is 0.650. The van der Waals surface area contributed by atoms with Crippen LogP contribution in [0.2, 0.25) is 5.02 Å². The summed E-state index contributed by atoms with van der Waals surface area (Å²) in [5.74, 6) is 0.982. The molecule has 1 aliphatic rings. The van der Waals surface area contributed by atoms with Crippen LogP contribution >= 0.6 is 24.0 Å². The second kappa shape index (κ2) is 11.0. The van der Waals surface area contributed by atoms with Gasteiger partial charge in [0, 0.05) is 17.5 Å². The van der Waals surface area contributed by atoms with Crippen molar-refractivity contribution in [1.29, 1.82) is 0 Å². The third kappa shape index (κ3) is 5.77. The van der Waals surface area contributed by atoms with Crippen LogP contribution < -0.4 is 10.5 Å². The van der Waals surface area contributed by atoms with Crippen LogP contribution in [0, 0.1) is 5.92 Å². The van der Waals surface area contributed by atoms with Gasteiger partial charge in [0.2, 0.25) is 0 Å². The molecule has 0 aromatic heterocycles. The summed E-state index contributed by atoms with van der Waals surface area (Å²) in [4.78, 5) is 15.0. The summed E-state index contributed by atoms with van der Waals surface area (Å²) in [5.41, 5.74) is 7.25. The molecule has 0 aliphatic carbocycles. The molecule has 6 heteroatoms. The molecule has 0 saturated carbocycles. The Bertz CT molecular complexity index is 587. The number of anilines is 1. The first-order chi connectivity index (χ1) is 12.0. The van der Waals surface area contributed by atoms with Gasteiger partial charge < -0.3 is 15.4 Å². The van der Waals surface area contributed by atoms with E-state index in [1.165, 1.54) is 25.8 Å². The number of ether oxygens (including phenoxy) is 1. The predicted octanol–water partition coefficient (Wildman–Crippen LogP) is 4.93. The van der Waals surface area contributed by atoms with Crippen molar-refractivity contribution < 1.29 is 9.53 Å². The minimum Gasteiger partial charge on any atom is -0.496 e. The van der Waals surface area contributed by atoms with Crippen LogP contribution in [0.4, 0.5) is 5.69 Å². The second-order valence-electron chi connectivity index (χ2n) is 7.09. The standard InChI is InChI=1S/C20H31ClN2O2.ClH/c1-4-5-6-9-23-10-7-15(8-11-23)20(14(2)24)16-12-17(21)18(22)13-19(16)25-3;/h12-13,15,20H,4-11,22H2,1-3H3;1H. The lowest BCUT2D eigenvalue weighted by Gasteiger charge is -2.36. The molecule has 1 aromatic rings. The number of methoxy groups -OCH3 is 1. The molecule has 1 unspecified atom stereocenters. The number of nitrogens with two attached hydrogens (primary N) is 1. The Labute approximate surface area is 168 Å². The highest BCUT2D eigenvalue weighted by molar-refractivity contribution is 6.33. The fourth-order valence-corrected chi connectivity index (χ4v) is 4.08. The van der Waals surface area contributed by atoms with Crippen LogP contribution in [0.15, 0.2) is 12.1 Å². The molecular weight excluding hydrogens is 371 g/mol. The van der Waals surface area contributed by atoms with Gasteiger partial charge in [0.25, 0.3) is 0 Å². The van der Waals surface area contributed by atoms with Crippen molar-refractivity contribution in [2.75, 3.05) is 32.5 Å². The van der Waals surface area contributed by atoms with Crippen LogP contribution in [-0.2, 0) is 4.79 Å². The maximum absolute atomic E-state index is 12.5. The first kappa shape index (κ1) is 23.1. The Morgan fingerprint density at radius 1 is 1.35 bits per heavy atom. The Hall–Kier alpha value is -0.970. The number of carbonyl (C=O) groups is 1. The second-order valence-corrected chi connectivity index (χ2v) is 7.50. The van der Waals surface area contributed by atoms with E-state index in [4.69, 9.17) is 22.1 Å². The molecule has 1 aromatic carbocycles. The molecule has 148 valence electrons. The Balaban J connectivity index is 0.00000338. The SMILES string of the molecule is CCCCCN1CCC(C(C(C)=O)c2cc(Cl)c(N)cc2OC)CC1.Cl. The minimum absolute atomic E-state index is 0. The molecule has 0 spiro atoms. The zero-order valence-corrected chi connectivity index (χ0v) is 17.7. The Kier molecular flexibility index (Phi) is 9.77. The highest BCUT2D eigenvalue weighted by atomic mass is 35.5. The van der Waals surface area contributed by atoms with Crippen LogP contribution in [-0.4, -0.2) is 37.4 Å². The molecule has 2 N–H and O–H groups in total. The lowest BCUT2D eigenvalue weighted by molar-refractivity contribution is -0.120. The maximum Gasteiger partial charge on any atom is 0.137 e. The number of halogens is 2. The van der Waals surface area contributed by atoms with Crippen molar-refractivity contribution in [2.24, 2.45) is 5.92 Å². The number of hydrogen-bond donors (Lipinski definition) is 1. The molecule has 2 rings (SSSR count). The van der Waals surface area contributed by atoms with E-state index in [0.717, 1.165) is 31.5 Å². The summed E-state index contributed by atoms with van der Waals surface area (Å²) < 4.78 is 5.49. The van der Waals surface area contributed by atoms with Crippen molar-refractivity contribution in [3.05, 3.63) is 22.7 Å². The number of unbranched alkanes of at least 4 members (excludes halogenated alkanes) is 2. The van der Waals surface area contributed by atoms with Gasteiger partial charge in [0.05, 0.1) is 17.8 Å². The lowest BCUT2D eigenvalue weighted by Crippen LogP contribution is -2.37. The normalized spacial score (nSPS) is 16.8. The van der Waals surface area contributed by atoms with Crippen molar-refractivity contribution in [2.45, 2.75) is 51.9 Å². The van der Waals surface area contributed by atoms with Gasteiger partial charge in [-0.2, -0.15) is 0 Å². The van der Waals surface area contributed by atoms with E-state index >= 15 is 0 Å². The zero-order valence-electron chi connectivity index (χ0n) is 16.1. The number of piperidine rings is 1. The fourth-order valence-electron chi connectivity index (χ4n) is 3.90. The van der Waals surface area contributed by atoms with Gasteiger partial charge in [-0.25, -0.2) is 0 Å². The van der Waals surface area contributed by atoms with Crippen LogP contribution in [0.1, 0.15) is 57.4 Å². The van der Waals surface area contributed by atoms with Gasteiger partial charge in [-0.1, -0.05) is 31.4 Å². The van der Waals surface area contributed by atoms with Crippen molar-refractivity contribution in [3.63, 3.8) is 0 Å². The number of nitrogens with zero attached hydrogens (tertiary/aromatic N) is 1. The van der Waals surface area contributed by atoms with Gasteiger partial charge in [-0.15, -0.1) is 12.4 Å². The van der Waals surface area contributed by atoms with Crippen molar-refractivity contribution >= 4 is 35.5 Å². The molecule has 26 heavy (non-hydrogen) atoms. The molecular formula is C20H32Cl2N2O2. The predicted molar refractivity (Wildman–Crippen MR) is 112 cm³/mol. The summed E-state index contributed by atoms with van der Waals surface area (Å²) >= 11 is 6.22. The summed E-state index contributed by atoms with van der Waals surface area (Å²) in [6.45, 7) is 7.19. The average molecular weight is 403 g/mol. The average Bonchev–Trinajstić information content (AvgIpc) is 2.59. The van der Waals surface area contributed by atoms with Crippen LogP contribution in [0.3, 0.4) is 0 Å². The van der Waals surface area contributed by atoms with Gasteiger partial charge in [0.15, 0.2) is 0 Å². The highest BCUT2D eigenvalue weighted by Crippen LogP contribution is 2.40. The molecule has 0 amide bonds. The molecule has 1 atom stereocenters. The number of rotatable bonds is 8. The number of ketones is 1. The summed E-state index contributed by atoms with van der Waals surface area (Å²) in [6, 6.07) is 3.54. The number of likely N-dealkylation sites (tertiary alicyclic amines) is 1. The summed E-state index contributed by atoms with van der Waals surface area (Å²) in [7, 11) is 1.61. The first-order valence-corrected chi connectivity index (χ1v) is 9.71. The van der Waals surface area contributed by atoms with E-state index in [1.807, 2.05) is 6.07 Å². The van der Waals surface area contributed by atoms with Gasteiger partial charge in [-0.05, 0) is 57.8 Å². The topological polar surface area (TPSA) is 55.6 Å². The van der Waals surface area contributed by atoms with Crippen LogP contribution in [0.5, 0.6) is 5.75 Å². The molecule has 1 fully saturated rings. The molecule has 1 saturated heterocycles. The third-order valence-corrected chi connectivity index (χ3v) is 5.63. The Morgan fingerprint density at radius 3 is 2.54 bits per heavy atom. The molecule has 0 bridgehead atoms. The quantitative estimate of drug-likeness (QED) is 0.494.